The molecule has 5 heteroatoms. The summed E-state index contributed by atoms with van der Waals surface area (Å²) in [5, 5.41) is 2.77. The minimum Gasteiger partial charge on any atom is -0.368 e. The molecule has 3 rings (SSSR count). The summed E-state index contributed by atoms with van der Waals surface area (Å²) in [5.74, 6) is -0.919. The van der Waals surface area contributed by atoms with Crippen LogP contribution in [0.15, 0.2) is 60.7 Å². The van der Waals surface area contributed by atoms with Gasteiger partial charge in [-0.15, -0.1) is 0 Å². The number of rotatable bonds is 5. The summed E-state index contributed by atoms with van der Waals surface area (Å²) < 4.78 is 2.05. The van der Waals surface area contributed by atoms with Gasteiger partial charge in [0.25, 0.3) is 5.91 Å². The Morgan fingerprint density at radius 1 is 0.963 bits per heavy atom. The van der Waals surface area contributed by atoms with Gasteiger partial charge in [0.2, 0.25) is 5.91 Å². The van der Waals surface area contributed by atoms with Crippen molar-refractivity contribution in [3.05, 3.63) is 88.7 Å². The standard InChI is InChI=1S/C22H23N3O2/c1-14-9-7-8-12-19(14)25-15(2)13-18(16(25)3)22(27)24-20(21(23)26)17-10-5-4-6-11-17/h4-13,20H,1-3H3,(H2,23,26)(H,24,27). The van der Waals surface area contributed by atoms with Crippen LogP contribution in [-0.4, -0.2) is 16.4 Å². The third-order valence-electron chi connectivity index (χ3n) is 4.72. The molecule has 1 heterocycles. The molecule has 27 heavy (non-hydrogen) atoms. The predicted molar refractivity (Wildman–Crippen MR) is 106 cm³/mol. The zero-order valence-electron chi connectivity index (χ0n) is 15.7. The maximum atomic E-state index is 12.9. The highest BCUT2D eigenvalue weighted by atomic mass is 16.2. The van der Waals surface area contributed by atoms with E-state index in [1.165, 1.54) is 0 Å². The fourth-order valence-corrected chi connectivity index (χ4v) is 3.35. The van der Waals surface area contributed by atoms with Crippen molar-refractivity contribution in [2.45, 2.75) is 26.8 Å². The SMILES string of the molecule is Cc1ccccc1-n1c(C)cc(C(=O)NC(C(N)=O)c2ccccc2)c1C. The molecule has 0 aliphatic carbocycles. The molecule has 1 aromatic heterocycles. The molecule has 1 unspecified atom stereocenters. The van der Waals surface area contributed by atoms with Gasteiger partial charge < -0.3 is 15.6 Å². The summed E-state index contributed by atoms with van der Waals surface area (Å²) in [5.41, 5.74) is 10.6. The summed E-state index contributed by atoms with van der Waals surface area (Å²) >= 11 is 0. The second kappa shape index (κ2) is 7.50. The number of hydrogen-bond donors (Lipinski definition) is 2. The van der Waals surface area contributed by atoms with Crippen LogP contribution < -0.4 is 11.1 Å². The maximum Gasteiger partial charge on any atom is 0.254 e. The number of amides is 2. The van der Waals surface area contributed by atoms with E-state index in [2.05, 4.69) is 5.32 Å². The molecular weight excluding hydrogens is 338 g/mol. The van der Waals surface area contributed by atoms with E-state index in [0.29, 0.717) is 11.1 Å². The minimum atomic E-state index is -0.875. The van der Waals surface area contributed by atoms with E-state index in [0.717, 1.165) is 22.6 Å². The molecule has 5 nitrogen and oxygen atoms in total. The predicted octanol–water partition coefficient (Wildman–Crippen LogP) is 3.36. The Labute approximate surface area is 158 Å². The number of hydrogen-bond acceptors (Lipinski definition) is 2. The highest BCUT2D eigenvalue weighted by molar-refractivity contribution is 5.99. The van der Waals surface area contributed by atoms with E-state index in [-0.39, 0.29) is 5.91 Å². The number of aryl methyl sites for hydroxylation is 2. The van der Waals surface area contributed by atoms with Crippen molar-refractivity contribution in [3.8, 4) is 5.69 Å². The van der Waals surface area contributed by atoms with E-state index >= 15 is 0 Å². The first-order chi connectivity index (χ1) is 12.9. The Balaban J connectivity index is 1.95. The van der Waals surface area contributed by atoms with Gasteiger partial charge in [0, 0.05) is 17.1 Å². The minimum absolute atomic E-state index is 0.324. The molecule has 1 atom stereocenters. The maximum absolute atomic E-state index is 12.9. The molecule has 0 aliphatic heterocycles. The third kappa shape index (κ3) is 3.62. The van der Waals surface area contributed by atoms with Crippen molar-refractivity contribution in [1.29, 1.82) is 0 Å². The summed E-state index contributed by atoms with van der Waals surface area (Å²) in [4.78, 5) is 24.8. The largest absolute Gasteiger partial charge is 0.368 e. The number of carbonyl (C=O) groups excluding carboxylic acids is 2. The number of aromatic nitrogens is 1. The van der Waals surface area contributed by atoms with E-state index in [1.807, 2.05) is 73.9 Å². The second-order valence-corrected chi connectivity index (χ2v) is 6.63. The Kier molecular flexibility index (Phi) is 5.12. The van der Waals surface area contributed by atoms with Crippen molar-refractivity contribution in [2.24, 2.45) is 5.73 Å². The summed E-state index contributed by atoms with van der Waals surface area (Å²) in [6.07, 6.45) is 0. The molecule has 3 aromatic rings. The lowest BCUT2D eigenvalue weighted by molar-refractivity contribution is -0.120. The van der Waals surface area contributed by atoms with Gasteiger partial charge in [-0.1, -0.05) is 48.5 Å². The first-order valence-corrected chi connectivity index (χ1v) is 8.80. The highest BCUT2D eigenvalue weighted by Gasteiger charge is 2.24. The van der Waals surface area contributed by atoms with E-state index in [9.17, 15) is 9.59 Å². The van der Waals surface area contributed by atoms with Gasteiger partial charge in [0.05, 0.1) is 5.56 Å². The molecule has 0 bridgehead atoms. The van der Waals surface area contributed by atoms with Crippen LogP contribution in [0.25, 0.3) is 5.69 Å². The fourth-order valence-electron chi connectivity index (χ4n) is 3.35. The number of nitrogens with one attached hydrogen (secondary N) is 1. The van der Waals surface area contributed by atoms with Crippen molar-refractivity contribution in [2.75, 3.05) is 0 Å². The van der Waals surface area contributed by atoms with Crippen molar-refractivity contribution in [1.82, 2.24) is 9.88 Å². The Morgan fingerprint density at radius 3 is 2.22 bits per heavy atom. The third-order valence-corrected chi connectivity index (χ3v) is 4.72. The lowest BCUT2D eigenvalue weighted by Crippen LogP contribution is -2.37. The van der Waals surface area contributed by atoms with Gasteiger partial charge in [-0.3, -0.25) is 9.59 Å². The van der Waals surface area contributed by atoms with Gasteiger partial charge in [-0.2, -0.15) is 0 Å². The van der Waals surface area contributed by atoms with Crippen LogP contribution in [0.5, 0.6) is 0 Å². The van der Waals surface area contributed by atoms with Crippen LogP contribution in [-0.2, 0) is 4.79 Å². The number of primary amides is 1. The van der Waals surface area contributed by atoms with Crippen LogP contribution >= 0.6 is 0 Å². The molecule has 0 saturated carbocycles. The average molecular weight is 361 g/mol. The van der Waals surface area contributed by atoms with Gasteiger partial charge in [0.15, 0.2) is 0 Å². The van der Waals surface area contributed by atoms with Crippen molar-refractivity contribution >= 4 is 11.8 Å². The van der Waals surface area contributed by atoms with E-state index in [4.69, 9.17) is 5.73 Å². The number of benzene rings is 2. The summed E-state index contributed by atoms with van der Waals surface area (Å²) in [6, 6.07) is 18.0. The van der Waals surface area contributed by atoms with Gasteiger partial charge in [-0.05, 0) is 44.0 Å². The summed E-state index contributed by atoms with van der Waals surface area (Å²) in [7, 11) is 0. The molecule has 2 amide bonds. The van der Waals surface area contributed by atoms with Crippen molar-refractivity contribution < 1.29 is 9.59 Å². The van der Waals surface area contributed by atoms with E-state index < -0.39 is 11.9 Å². The molecule has 0 saturated heterocycles. The molecule has 3 N–H and O–H groups in total. The smallest absolute Gasteiger partial charge is 0.254 e. The first kappa shape index (κ1) is 18.5. The number of nitrogens with zero attached hydrogens (tertiary/aromatic N) is 1. The zero-order chi connectivity index (χ0) is 19.6. The number of para-hydroxylation sites is 1. The monoisotopic (exact) mass is 361 g/mol. The molecular formula is C22H23N3O2. The number of carbonyl (C=O) groups is 2. The molecule has 0 radical (unpaired) electrons. The average Bonchev–Trinajstić information content (AvgIpc) is 2.95. The van der Waals surface area contributed by atoms with E-state index in [1.54, 1.807) is 12.1 Å². The highest BCUT2D eigenvalue weighted by Crippen LogP contribution is 2.24. The molecule has 138 valence electrons. The topological polar surface area (TPSA) is 77.1 Å². The lowest BCUT2D eigenvalue weighted by Gasteiger charge is -2.16. The second-order valence-electron chi connectivity index (χ2n) is 6.63. The van der Waals surface area contributed by atoms with Crippen LogP contribution in [0.4, 0.5) is 0 Å². The zero-order valence-corrected chi connectivity index (χ0v) is 15.7. The molecule has 0 spiro atoms. The van der Waals surface area contributed by atoms with Gasteiger partial charge >= 0.3 is 0 Å². The van der Waals surface area contributed by atoms with Crippen LogP contribution in [0.1, 0.15) is 38.9 Å². The van der Waals surface area contributed by atoms with Crippen LogP contribution in [0.2, 0.25) is 0 Å². The Hall–Kier alpha value is -3.34. The molecule has 0 fully saturated rings. The number of nitrogens with two attached hydrogens (primary N) is 1. The molecule has 2 aromatic carbocycles. The first-order valence-electron chi connectivity index (χ1n) is 8.80. The lowest BCUT2D eigenvalue weighted by atomic mass is 10.1. The van der Waals surface area contributed by atoms with Crippen LogP contribution in [0.3, 0.4) is 0 Å². The summed E-state index contributed by atoms with van der Waals surface area (Å²) in [6.45, 7) is 5.89. The van der Waals surface area contributed by atoms with Gasteiger partial charge in [0.1, 0.15) is 6.04 Å². The Morgan fingerprint density at radius 2 is 1.59 bits per heavy atom. The Bertz CT molecular complexity index is 990. The van der Waals surface area contributed by atoms with Gasteiger partial charge in [-0.25, -0.2) is 0 Å². The molecule has 0 aliphatic rings. The normalized spacial score (nSPS) is 11.8. The van der Waals surface area contributed by atoms with Crippen LogP contribution in [0, 0.1) is 20.8 Å². The van der Waals surface area contributed by atoms with Crippen molar-refractivity contribution in [3.63, 3.8) is 0 Å². The fraction of sp³-hybridized carbons (Fsp3) is 0.182. The quantitative estimate of drug-likeness (QED) is 0.731.